The third-order valence-corrected chi connectivity index (χ3v) is 6.13. The predicted molar refractivity (Wildman–Crippen MR) is 95.5 cm³/mol. The van der Waals surface area contributed by atoms with Crippen LogP contribution >= 0.6 is 0 Å². The van der Waals surface area contributed by atoms with E-state index in [1.807, 2.05) is 10.9 Å². The number of carbonyl (C=O) groups is 1. The zero-order valence-corrected chi connectivity index (χ0v) is 15.1. The first kappa shape index (κ1) is 17.0. The van der Waals surface area contributed by atoms with E-state index in [0.717, 1.165) is 63.8 Å². The molecule has 1 unspecified atom stereocenters. The smallest absolute Gasteiger partial charge is 0.257 e. The first-order valence-corrected chi connectivity index (χ1v) is 9.95. The molecule has 3 fully saturated rings. The van der Waals surface area contributed by atoms with Crippen LogP contribution in [0.4, 0.5) is 0 Å². The molecule has 0 aromatic carbocycles. The molecule has 1 amide bonds. The van der Waals surface area contributed by atoms with E-state index in [1.165, 1.54) is 32.1 Å². The van der Waals surface area contributed by atoms with Gasteiger partial charge < -0.3 is 9.64 Å². The summed E-state index contributed by atoms with van der Waals surface area (Å²) in [6, 6.07) is 0.465. The van der Waals surface area contributed by atoms with Crippen LogP contribution in [0, 0.1) is 5.92 Å². The molecule has 138 valence electrons. The van der Waals surface area contributed by atoms with Gasteiger partial charge in [-0.3, -0.25) is 14.4 Å². The standard InChI is InChI=1S/C19H30N4O2/c24-19(23-7-3-6-18(23)16-4-1-2-5-16)17-14-20-22(15-17)9-8-21-10-12-25-13-11-21/h14-16,18H,1-13H2. The Hall–Kier alpha value is -1.40. The van der Waals surface area contributed by atoms with E-state index in [4.69, 9.17) is 4.74 Å². The van der Waals surface area contributed by atoms with E-state index >= 15 is 0 Å². The fourth-order valence-electron chi connectivity index (χ4n) is 4.71. The van der Waals surface area contributed by atoms with Crippen LogP contribution in [0.2, 0.25) is 0 Å². The van der Waals surface area contributed by atoms with Crippen LogP contribution in [0.1, 0.15) is 48.9 Å². The van der Waals surface area contributed by atoms with Gasteiger partial charge in [-0.05, 0) is 31.6 Å². The number of hydrogen-bond donors (Lipinski definition) is 0. The Morgan fingerprint density at radius 2 is 1.88 bits per heavy atom. The molecule has 3 aliphatic rings. The van der Waals surface area contributed by atoms with E-state index in [2.05, 4.69) is 14.9 Å². The van der Waals surface area contributed by atoms with Crippen molar-refractivity contribution in [3.8, 4) is 0 Å². The van der Waals surface area contributed by atoms with Gasteiger partial charge in [0.25, 0.3) is 5.91 Å². The van der Waals surface area contributed by atoms with Crippen molar-refractivity contribution in [2.75, 3.05) is 39.4 Å². The maximum atomic E-state index is 13.0. The van der Waals surface area contributed by atoms with Gasteiger partial charge in [0.2, 0.25) is 0 Å². The molecule has 0 bridgehead atoms. The van der Waals surface area contributed by atoms with Crippen molar-refractivity contribution >= 4 is 5.91 Å². The number of nitrogens with zero attached hydrogens (tertiary/aromatic N) is 4. The first-order valence-electron chi connectivity index (χ1n) is 9.95. The van der Waals surface area contributed by atoms with E-state index < -0.39 is 0 Å². The van der Waals surface area contributed by atoms with Crippen molar-refractivity contribution < 1.29 is 9.53 Å². The fourth-order valence-corrected chi connectivity index (χ4v) is 4.71. The number of amides is 1. The maximum absolute atomic E-state index is 13.0. The Bertz CT molecular complexity index is 576. The Morgan fingerprint density at radius 1 is 1.08 bits per heavy atom. The lowest BCUT2D eigenvalue weighted by molar-refractivity contribution is 0.0359. The second-order valence-electron chi connectivity index (χ2n) is 7.70. The average Bonchev–Trinajstić information content (AvgIpc) is 3.41. The molecular formula is C19H30N4O2. The van der Waals surface area contributed by atoms with Gasteiger partial charge in [0, 0.05) is 38.4 Å². The molecule has 4 rings (SSSR count). The minimum Gasteiger partial charge on any atom is -0.379 e. The minimum absolute atomic E-state index is 0.187. The highest BCUT2D eigenvalue weighted by Crippen LogP contribution is 2.35. The zero-order chi connectivity index (χ0) is 17.1. The Kier molecular flexibility index (Phi) is 5.36. The topological polar surface area (TPSA) is 50.6 Å². The summed E-state index contributed by atoms with van der Waals surface area (Å²) in [6.07, 6.45) is 11.3. The average molecular weight is 346 g/mol. The van der Waals surface area contributed by atoms with Crippen molar-refractivity contribution in [2.24, 2.45) is 5.92 Å². The van der Waals surface area contributed by atoms with Crippen LogP contribution in [0.15, 0.2) is 12.4 Å². The van der Waals surface area contributed by atoms with Crippen LogP contribution in [-0.2, 0) is 11.3 Å². The molecule has 2 aliphatic heterocycles. The van der Waals surface area contributed by atoms with Gasteiger partial charge in [-0.2, -0.15) is 5.10 Å². The molecule has 0 radical (unpaired) electrons. The largest absolute Gasteiger partial charge is 0.379 e. The third kappa shape index (κ3) is 3.90. The van der Waals surface area contributed by atoms with Gasteiger partial charge in [0.05, 0.1) is 31.5 Å². The van der Waals surface area contributed by atoms with Crippen LogP contribution < -0.4 is 0 Å². The molecule has 1 atom stereocenters. The van der Waals surface area contributed by atoms with Gasteiger partial charge in [-0.15, -0.1) is 0 Å². The number of rotatable bonds is 5. The first-order chi connectivity index (χ1) is 12.3. The number of likely N-dealkylation sites (tertiary alicyclic amines) is 1. The normalized spacial score (nSPS) is 25.8. The van der Waals surface area contributed by atoms with Gasteiger partial charge in [-0.1, -0.05) is 12.8 Å². The summed E-state index contributed by atoms with van der Waals surface area (Å²) in [5, 5.41) is 4.43. The molecule has 0 N–H and O–H groups in total. The molecule has 1 aromatic rings. The van der Waals surface area contributed by atoms with Crippen LogP contribution in [-0.4, -0.2) is 70.9 Å². The Morgan fingerprint density at radius 3 is 2.68 bits per heavy atom. The zero-order valence-electron chi connectivity index (χ0n) is 15.1. The summed E-state index contributed by atoms with van der Waals surface area (Å²) < 4.78 is 7.30. The number of hydrogen-bond acceptors (Lipinski definition) is 4. The molecule has 0 spiro atoms. The SMILES string of the molecule is O=C(c1cnn(CCN2CCOCC2)c1)N1CCCC1C1CCCC1. The summed E-state index contributed by atoms with van der Waals surface area (Å²) in [6.45, 7) is 6.33. The summed E-state index contributed by atoms with van der Waals surface area (Å²) in [5.74, 6) is 0.912. The molecule has 25 heavy (non-hydrogen) atoms. The number of aromatic nitrogens is 2. The third-order valence-electron chi connectivity index (χ3n) is 6.13. The monoisotopic (exact) mass is 346 g/mol. The highest BCUT2D eigenvalue weighted by Gasteiger charge is 2.36. The number of ether oxygens (including phenoxy) is 1. The van der Waals surface area contributed by atoms with Crippen molar-refractivity contribution in [3.05, 3.63) is 18.0 Å². The fraction of sp³-hybridized carbons (Fsp3) is 0.789. The number of carbonyl (C=O) groups excluding carboxylic acids is 1. The van der Waals surface area contributed by atoms with Crippen molar-refractivity contribution in [1.82, 2.24) is 19.6 Å². The molecule has 1 saturated carbocycles. The summed E-state index contributed by atoms with van der Waals surface area (Å²) in [4.78, 5) is 17.5. The second-order valence-corrected chi connectivity index (χ2v) is 7.70. The highest BCUT2D eigenvalue weighted by molar-refractivity contribution is 5.94. The van der Waals surface area contributed by atoms with E-state index in [0.29, 0.717) is 6.04 Å². The summed E-state index contributed by atoms with van der Waals surface area (Å²) in [7, 11) is 0. The number of morpholine rings is 1. The maximum Gasteiger partial charge on any atom is 0.257 e. The van der Waals surface area contributed by atoms with Crippen LogP contribution in [0.25, 0.3) is 0 Å². The highest BCUT2D eigenvalue weighted by atomic mass is 16.5. The Balaban J connectivity index is 1.34. The van der Waals surface area contributed by atoms with Gasteiger partial charge in [-0.25, -0.2) is 0 Å². The van der Waals surface area contributed by atoms with E-state index in [1.54, 1.807) is 6.20 Å². The quantitative estimate of drug-likeness (QED) is 0.818. The van der Waals surface area contributed by atoms with Gasteiger partial charge in [0.15, 0.2) is 0 Å². The lowest BCUT2D eigenvalue weighted by Gasteiger charge is -2.29. The lowest BCUT2D eigenvalue weighted by Crippen LogP contribution is -2.39. The van der Waals surface area contributed by atoms with Gasteiger partial charge in [0.1, 0.15) is 0 Å². The van der Waals surface area contributed by atoms with Crippen molar-refractivity contribution in [3.63, 3.8) is 0 Å². The van der Waals surface area contributed by atoms with Gasteiger partial charge >= 0.3 is 0 Å². The van der Waals surface area contributed by atoms with Crippen molar-refractivity contribution in [2.45, 2.75) is 51.1 Å². The summed E-state index contributed by atoms with van der Waals surface area (Å²) in [5.41, 5.74) is 0.756. The molecule has 2 saturated heterocycles. The lowest BCUT2D eigenvalue weighted by atomic mass is 9.96. The molecule has 6 nitrogen and oxygen atoms in total. The van der Waals surface area contributed by atoms with E-state index in [-0.39, 0.29) is 5.91 Å². The summed E-state index contributed by atoms with van der Waals surface area (Å²) >= 11 is 0. The molecular weight excluding hydrogens is 316 g/mol. The van der Waals surface area contributed by atoms with Crippen molar-refractivity contribution in [1.29, 1.82) is 0 Å². The minimum atomic E-state index is 0.187. The molecule has 1 aliphatic carbocycles. The van der Waals surface area contributed by atoms with E-state index in [9.17, 15) is 4.79 Å². The molecule has 1 aromatic heterocycles. The second kappa shape index (κ2) is 7.87. The van der Waals surface area contributed by atoms with Crippen LogP contribution in [0.3, 0.4) is 0 Å². The molecule has 3 heterocycles. The predicted octanol–water partition coefficient (Wildman–Crippen LogP) is 2.01. The van der Waals surface area contributed by atoms with Crippen LogP contribution in [0.5, 0.6) is 0 Å². The Labute approximate surface area is 150 Å². The molecule has 6 heteroatoms.